The molecule has 1 fully saturated rings. The molecule has 3 heteroatoms. The summed E-state index contributed by atoms with van der Waals surface area (Å²) in [6.07, 6.45) is 0.710. The summed E-state index contributed by atoms with van der Waals surface area (Å²) < 4.78 is 0. The fourth-order valence-electron chi connectivity index (χ4n) is 2.37. The van der Waals surface area contributed by atoms with Crippen LogP contribution in [0.15, 0.2) is 24.3 Å². The lowest BCUT2D eigenvalue weighted by molar-refractivity contribution is -0.679. The predicted molar refractivity (Wildman–Crippen MR) is 53.8 cm³/mol. The Labute approximate surface area is 89.1 Å². The van der Waals surface area contributed by atoms with E-state index in [-0.39, 0.29) is 12.0 Å². The second kappa shape index (κ2) is 4.03. The number of carbonyl (C=O) groups is 1. The number of nitrogens with two attached hydrogens (primary N) is 1. The summed E-state index contributed by atoms with van der Waals surface area (Å²) in [5.41, 5.74) is 2.29. The van der Waals surface area contributed by atoms with Gasteiger partial charge in [-0.1, -0.05) is 24.3 Å². The van der Waals surface area contributed by atoms with Gasteiger partial charge in [0.25, 0.3) is 0 Å². The Balaban J connectivity index is 2.30. The molecule has 15 heavy (non-hydrogen) atoms. The van der Waals surface area contributed by atoms with Gasteiger partial charge in [0.15, 0.2) is 0 Å². The van der Waals surface area contributed by atoms with Crippen molar-refractivity contribution in [1.82, 2.24) is 0 Å². The van der Waals surface area contributed by atoms with E-state index in [9.17, 15) is 9.90 Å². The van der Waals surface area contributed by atoms with Crippen LogP contribution in [-0.2, 0) is 4.79 Å². The van der Waals surface area contributed by atoms with Crippen molar-refractivity contribution in [2.45, 2.75) is 19.4 Å². The van der Waals surface area contributed by atoms with Gasteiger partial charge in [0, 0.05) is 12.0 Å². The van der Waals surface area contributed by atoms with Crippen LogP contribution in [0.25, 0.3) is 0 Å². The summed E-state index contributed by atoms with van der Waals surface area (Å²) in [4.78, 5) is 11.0. The van der Waals surface area contributed by atoms with E-state index in [0.717, 1.165) is 17.7 Å². The zero-order valence-electron chi connectivity index (χ0n) is 8.77. The van der Waals surface area contributed by atoms with Crippen molar-refractivity contribution in [3.63, 3.8) is 0 Å². The van der Waals surface area contributed by atoms with Gasteiger partial charge < -0.3 is 15.2 Å². The van der Waals surface area contributed by atoms with E-state index < -0.39 is 5.97 Å². The minimum Gasteiger partial charge on any atom is -0.550 e. The highest BCUT2D eigenvalue weighted by atomic mass is 16.4. The van der Waals surface area contributed by atoms with E-state index in [1.54, 1.807) is 0 Å². The fraction of sp³-hybridized carbons (Fsp3) is 0.417. The van der Waals surface area contributed by atoms with Gasteiger partial charge in [-0.3, -0.25) is 0 Å². The van der Waals surface area contributed by atoms with Crippen LogP contribution in [0.2, 0.25) is 0 Å². The third-order valence-corrected chi connectivity index (χ3v) is 3.18. The third-order valence-electron chi connectivity index (χ3n) is 3.18. The fourth-order valence-corrected chi connectivity index (χ4v) is 2.37. The van der Waals surface area contributed by atoms with Crippen LogP contribution in [-0.4, -0.2) is 12.5 Å². The number of benzene rings is 1. The predicted octanol–water partition coefficient (Wildman–Crippen LogP) is -0.631. The molecule has 2 N–H and O–H groups in total. The summed E-state index contributed by atoms with van der Waals surface area (Å²) in [6.45, 7) is 2.89. The SMILES string of the molecule is Cc1ccccc1[C@@H]1[NH2+]CC[C@@H]1C(=O)[O-]. The van der Waals surface area contributed by atoms with Crippen LogP contribution in [0.1, 0.15) is 23.6 Å². The van der Waals surface area contributed by atoms with Crippen LogP contribution in [0.5, 0.6) is 0 Å². The monoisotopic (exact) mass is 205 g/mol. The molecule has 1 aromatic carbocycles. The molecule has 0 radical (unpaired) electrons. The highest BCUT2D eigenvalue weighted by Crippen LogP contribution is 2.26. The average Bonchev–Trinajstić information content (AvgIpc) is 2.67. The van der Waals surface area contributed by atoms with E-state index in [2.05, 4.69) is 5.32 Å². The quantitative estimate of drug-likeness (QED) is 0.699. The zero-order valence-corrected chi connectivity index (χ0v) is 8.77. The Morgan fingerprint density at radius 2 is 2.20 bits per heavy atom. The maximum Gasteiger partial charge on any atom is 0.120 e. The summed E-state index contributed by atoms with van der Waals surface area (Å²) in [5, 5.41) is 13.1. The Kier molecular flexibility index (Phi) is 2.73. The van der Waals surface area contributed by atoms with Gasteiger partial charge in [0.2, 0.25) is 0 Å². The van der Waals surface area contributed by atoms with Crippen molar-refractivity contribution in [3.8, 4) is 0 Å². The molecule has 80 valence electrons. The summed E-state index contributed by atoms with van der Waals surface area (Å²) in [6, 6.07) is 8.00. The lowest BCUT2D eigenvalue weighted by atomic mass is 9.92. The lowest BCUT2D eigenvalue weighted by Crippen LogP contribution is -2.82. The van der Waals surface area contributed by atoms with Crippen molar-refractivity contribution in [2.24, 2.45) is 5.92 Å². The van der Waals surface area contributed by atoms with Gasteiger partial charge in [0.05, 0.1) is 18.4 Å². The van der Waals surface area contributed by atoms with Crippen molar-refractivity contribution in [3.05, 3.63) is 35.4 Å². The molecule has 2 rings (SSSR count). The second-order valence-electron chi connectivity index (χ2n) is 4.12. The molecule has 0 aliphatic carbocycles. The van der Waals surface area contributed by atoms with Crippen molar-refractivity contribution < 1.29 is 15.2 Å². The largest absolute Gasteiger partial charge is 0.550 e. The zero-order chi connectivity index (χ0) is 10.8. The molecule has 0 unspecified atom stereocenters. The highest BCUT2D eigenvalue weighted by Gasteiger charge is 2.33. The van der Waals surface area contributed by atoms with E-state index in [0.29, 0.717) is 6.42 Å². The summed E-state index contributed by atoms with van der Waals surface area (Å²) >= 11 is 0. The molecule has 0 bridgehead atoms. The van der Waals surface area contributed by atoms with Crippen LogP contribution in [0.4, 0.5) is 0 Å². The van der Waals surface area contributed by atoms with Gasteiger partial charge >= 0.3 is 0 Å². The van der Waals surface area contributed by atoms with Gasteiger partial charge in [-0.05, 0) is 12.5 Å². The summed E-state index contributed by atoms with van der Waals surface area (Å²) in [5.74, 6) is -1.26. The van der Waals surface area contributed by atoms with Crippen LogP contribution in [0.3, 0.4) is 0 Å². The first-order valence-electron chi connectivity index (χ1n) is 5.30. The number of carboxylic acids is 1. The molecule has 1 aliphatic heterocycles. The molecule has 2 atom stereocenters. The Morgan fingerprint density at radius 3 is 2.87 bits per heavy atom. The van der Waals surface area contributed by atoms with E-state index in [1.165, 1.54) is 0 Å². The van der Waals surface area contributed by atoms with Crippen LogP contribution < -0.4 is 10.4 Å². The first-order valence-corrected chi connectivity index (χ1v) is 5.30. The molecule has 1 heterocycles. The van der Waals surface area contributed by atoms with Crippen molar-refractivity contribution in [1.29, 1.82) is 0 Å². The van der Waals surface area contributed by atoms with Crippen LogP contribution in [0, 0.1) is 12.8 Å². The summed E-state index contributed by atoms with van der Waals surface area (Å²) in [7, 11) is 0. The van der Waals surface area contributed by atoms with Gasteiger partial charge in [0.1, 0.15) is 6.04 Å². The number of rotatable bonds is 2. The molecule has 0 spiro atoms. The number of quaternary nitrogens is 1. The normalized spacial score (nSPS) is 25.4. The minimum absolute atomic E-state index is 0.0381. The smallest absolute Gasteiger partial charge is 0.120 e. The standard InChI is InChI=1S/C12H15NO2/c1-8-4-2-3-5-9(8)11-10(12(14)15)6-7-13-11/h2-5,10-11,13H,6-7H2,1H3,(H,14,15)/t10-,11-/m0/s1. The number of carbonyl (C=O) groups excluding carboxylic acids is 1. The Bertz CT molecular complexity index is 376. The van der Waals surface area contributed by atoms with E-state index in [4.69, 9.17) is 0 Å². The molecular weight excluding hydrogens is 190 g/mol. The Morgan fingerprint density at radius 1 is 1.47 bits per heavy atom. The molecule has 1 aliphatic rings. The lowest BCUT2D eigenvalue weighted by Gasteiger charge is -2.19. The maximum atomic E-state index is 11.0. The maximum absolute atomic E-state index is 11.0. The van der Waals surface area contributed by atoms with E-state index >= 15 is 0 Å². The van der Waals surface area contributed by atoms with Crippen molar-refractivity contribution in [2.75, 3.05) is 6.54 Å². The number of aliphatic carboxylic acids is 1. The number of hydrogen-bond acceptors (Lipinski definition) is 2. The molecule has 1 aromatic rings. The number of aryl methyl sites for hydroxylation is 1. The number of carboxylic acid groups (broad SMARTS) is 1. The highest BCUT2D eigenvalue weighted by molar-refractivity contribution is 5.69. The third kappa shape index (κ3) is 1.88. The average molecular weight is 205 g/mol. The molecule has 3 nitrogen and oxygen atoms in total. The molecule has 0 amide bonds. The molecule has 0 aromatic heterocycles. The van der Waals surface area contributed by atoms with Gasteiger partial charge in [-0.15, -0.1) is 0 Å². The van der Waals surface area contributed by atoms with E-state index in [1.807, 2.05) is 31.2 Å². The van der Waals surface area contributed by atoms with Crippen LogP contribution >= 0.6 is 0 Å². The first kappa shape index (κ1) is 10.2. The molecule has 1 saturated heterocycles. The number of hydrogen-bond donors (Lipinski definition) is 1. The Hall–Kier alpha value is -1.35. The second-order valence-corrected chi connectivity index (χ2v) is 4.12. The molecular formula is C12H15NO2. The minimum atomic E-state index is -0.919. The van der Waals surface area contributed by atoms with Crippen molar-refractivity contribution >= 4 is 5.97 Å². The topological polar surface area (TPSA) is 56.7 Å². The molecule has 0 saturated carbocycles. The van der Waals surface area contributed by atoms with Gasteiger partial charge in [-0.2, -0.15) is 0 Å². The first-order chi connectivity index (χ1) is 7.20. The van der Waals surface area contributed by atoms with Gasteiger partial charge in [-0.25, -0.2) is 0 Å².